The van der Waals surface area contributed by atoms with Crippen molar-refractivity contribution in [2.24, 2.45) is 0 Å². The molecule has 0 radical (unpaired) electrons. The Labute approximate surface area is 166 Å². The number of rotatable bonds is 6. The summed E-state index contributed by atoms with van der Waals surface area (Å²) in [5, 5.41) is 22.4. The molecule has 3 N–H and O–H groups in total. The minimum Gasteiger partial charge on any atom is -0.324 e. The second kappa shape index (κ2) is 7.90. The van der Waals surface area contributed by atoms with Crippen molar-refractivity contribution >= 4 is 34.6 Å². The van der Waals surface area contributed by atoms with Gasteiger partial charge < -0.3 is 10.6 Å². The zero-order chi connectivity index (χ0) is 19.3. The smallest absolute Gasteiger partial charge is 0.229 e. The SMILES string of the molecule is Cc1ccc(-c2cc(Nc3ccnc(Nc4ccc(CC#N)cc4)n3)n[nH]2)s1. The molecule has 0 aliphatic rings. The Morgan fingerprint density at radius 3 is 2.68 bits per heavy atom. The highest BCUT2D eigenvalue weighted by molar-refractivity contribution is 7.15. The molecule has 0 aliphatic carbocycles. The first kappa shape index (κ1) is 17.7. The quantitative estimate of drug-likeness (QED) is 0.440. The standard InChI is InChI=1S/C20H17N7S/c1-13-2-7-17(28-13)16-12-19(27-26-16)24-18-9-11-22-20(25-18)23-15-5-3-14(4-6-15)8-10-21/h2-7,9,11-12H,8H2,1H3,(H3,22,23,24,25,26,27). The topological polar surface area (TPSA) is 102 Å². The first-order valence-electron chi connectivity index (χ1n) is 8.65. The molecule has 0 saturated heterocycles. The van der Waals surface area contributed by atoms with Crippen LogP contribution in [0.3, 0.4) is 0 Å². The van der Waals surface area contributed by atoms with E-state index < -0.39 is 0 Å². The summed E-state index contributed by atoms with van der Waals surface area (Å²) >= 11 is 1.72. The van der Waals surface area contributed by atoms with Gasteiger partial charge in [0.25, 0.3) is 0 Å². The van der Waals surface area contributed by atoms with Crippen LogP contribution in [0.25, 0.3) is 10.6 Å². The Morgan fingerprint density at radius 1 is 1.07 bits per heavy atom. The Balaban J connectivity index is 1.45. The van der Waals surface area contributed by atoms with Gasteiger partial charge in [0.2, 0.25) is 5.95 Å². The predicted octanol–water partition coefficient (Wildman–Crippen LogP) is 4.79. The van der Waals surface area contributed by atoms with Crippen LogP contribution in [0.15, 0.2) is 54.7 Å². The van der Waals surface area contributed by atoms with Gasteiger partial charge in [0.15, 0.2) is 5.82 Å². The second-order valence-electron chi connectivity index (χ2n) is 6.12. The Hall–Kier alpha value is -3.70. The average molecular weight is 387 g/mol. The second-order valence-corrected chi connectivity index (χ2v) is 7.41. The number of anilines is 4. The number of aryl methyl sites for hydroxylation is 1. The van der Waals surface area contributed by atoms with E-state index in [1.807, 2.05) is 30.3 Å². The fourth-order valence-electron chi connectivity index (χ4n) is 2.64. The van der Waals surface area contributed by atoms with Crippen LogP contribution < -0.4 is 10.6 Å². The van der Waals surface area contributed by atoms with Crippen LogP contribution in [-0.2, 0) is 6.42 Å². The largest absolute Gasteiger partial charge is 0.324 e. The molecule has 4 rings (SSSR count). The molecular weight excluding hydrogens is 370 g/mol. The molecule has 4 aromatic rings. The van der Waals surface area contributed by atoms with Crippen molar-refractivity contribution in [3.8, 4) is 16.6 Å². The van der Waals surface area contributed by atoms with Gasteiger partial charge in [-0.25, -0.2) is 4.98 Å². The Bertz CT molecular complexity index is 1120. The minimum atomic E-state index is 0.396. The molecule has 8 heteroatoms. The van der Waals surface area contributed by atoms with Gasteiger partial charge in [0.05, 0.1) is 23.1 Å². The van der Waals surface area contributed by atoms with Crippen molar-refractivity contribution in [3.63, 3.8) is 0 Å². The van der Waals surface area contributed by atoms with Crippen LogP contribution in [0, 0.1) is 18.3 Å². The number of hydrogen-bond acceptors (Lipinski definition) is 7. The molecule has 0 unspecified atom stereocenters. The Kier molecular flexibility index (Phi) is 4.99. The molecule has 0 atom stereocenters. The molecule has 1 aromatic carbocycles. The summed E-state index contributed by atoms with van der Waals surface area (Å²) < 4.78 is 0. The number of aromatic amines is 1. The van der Waals surface area contributed by atoms with E-state index in [0.29, 0.717) is 24.0 Å². The van der Waals surface area contributed by atoms with E-state index in [-0.39, 0.29) is 0 Å². The third-order valence-corrected chi connectivity index (χ3v) is 5.02. The summed E-state index contributed by atoms with van der Waals surface area (Å²) in [6, 6.07) is 17.7. The van der Waals surface area contributed by atoms with Gasteiger partial charge in [-0.15, -0.1) is 11.3 Å². The van der Waals surface area contributed by atoms with Crippen molar-refractivity contribution in [2.75, 3.05) is 10.6 Å². The molecule has 0 bridgehead atoms. The minimum absolute atomic E-state index is 0.396. The van der Waals surface area contributed by atoms with E-state index in [9.17, 15) is 0 Å². The number of nitrogens with one attached hydrogen (secondary N) is 3. The van der Waals surface area contributed by atoms with Crippen LogP contribution in [0.1, 0.15) is 10.4 Å². The summed E-state index contributed by atoms with van der Waals surface area (Å²) in [6.45, 7) is 2.08. The number of aromatic nitrogens is 4. The fourth-order valence-corrected chi connectivity index (χ4v) is 3.47. The zero-order valence-corrected chi connectivity index (χ0v) is 15.9. The lowest BCUT2D eigenvalue weighted by Gasteiger charge is -2.07. The number of benzene rings is 1. The fraction of sp³-hybridized carbons (Fsp3) is 0.100. The zero-order valence-electron chi connectivity index (χ0n) is 15.1. The first-order chi connectivity index (χ1) is 13.7. The lowest BCUT2D eigenvalue weighted by molar-refractivity contribution is 1.09. The van der Waals surface area contributed by atoms with Gasteiger partial charge in [-0.2, -0.15) is 15.3 Å². The highest BCUT2D eigenvalue weighted by Gasteiger charge is 2.07. The molecule has 138 valence electrons. The van der Waals surface area contributed by atoms with E-state index in [4.69, 9.17) is 5.26 Å². The van der Waals surface area contributed by atoms with Gasteiger partial charge in [0.1, 0.15) is 5.82 Å². The molecule has 3 aromatic heterocycles. The number of nitrogens with zero attached hydrogens (tertiary/aromatic N) is 4. The summed E-state index contributed by atoms with van der Waals surface area (Å²) in [4.78, 5) is 11.1. The highest BCUT2D eigenvalue weighted by atomic mass is 32.1. The third kappa shape index (κ3) is 4.16. The maximum absolute atomic E-state index is 8.74. The monoisotopic (exact) mass is 387 g/mol. The number of H-pyrrole nitrogens is 1. The van der Waals surface area contributed by atoms with Crippen molar-refractivity contribution in [3.05, 3.63) is 65.2 Å². The van der Waals surface area contributed by atoms with Crippen molar-refractivity contribution < 1.29 is 0 Å². The molecule has 28 heavy (non-hydrogen) atoms. The summed E-state index contributed by atoms with van der Waals surface area (Å²) in [5.41, 5.74) is 2.79. The van der Waals surface area contributed by atoms with Crippen molar-refractivity contribution in [1.29, 1.82) is 5.26 Å². The van der Waals surface area contributed by atoms with Crippen LogP contribution >= 0.6 is 11.3 Å². The lowest BCUT2D eigenvalue weighted by Crippen LogP contribution is -2.00. The van der Waals surface area contributed by atoms with E-state index in [2.05, 4.69) is 55.9 Å². The Morgan fingerprint density at radius 2 is 1.93 bits per heavy atom. The third-order valence-electron chi connectivity index (χ3n) is 3.99. The van der Waals surface area contributed by atoms with Gasteiger partial charge in [-0.05, 0) is 42.8 Å². The molecule has 0 spiro atoms. The van der Waals surface area contributed by atoms with Gasteiger partial charge in [-0.3, -0.25) is 5.10 Å². The first-order valence-corrected chi connectivity index (χ1v) is 9.46. The maximum Gasteiger partial charge on any atom is 0.229 e. The van der Waals surface area contributed by atoms with E-state index in [1.165, 1.54) is 4.88 Å². The van der Waals surface area contributed by atoms with Gasteiger partial charge >= 0.3 is 0 Å². The van der Waals surface area contributed by atoms with E-state index >= 15 is 0 Å². The average Bonchev–Trinajstić information content (AvgIpc) is 3.33. The predicted molar refractivity (Wildman–Crippen MR) is 111 cm³/mol. The van der Waals surface area contributed by atoms with E-state index in [1.54, 1.807) is 23.6 Å². The summed E-state index contributed by atoms with van der Waals surface area (Å²) in [5.74, 6) is 1.80. The molecule has 0 fully saturated rings. The van der Waals surface area contributed by atoms with E-state index in [0.717, 1.165) is 21.8 Å². The molecule has 0 saturated carbocycles. The normalized spacial score (nSPS) is 10.4. The number of nitriles is 1. The number of thiophene rings is 1. The van der Waals surface area contributed by atoms with Crippen LogP contribution in [0.2, 0.25) is 0 Å². The van der Waals surface area contributed by atoms with Crippen molar-refractivity contribution in [1.82, 2.24) is 20.2 Å². The van der Waals surface area contributed by atoms with Gasteiger partial charge in [-0.1, -0.05) is 12.1 Å². The van der Waals surface area contributed by atoms with Crippen LogP contribution in [-0.4, -0.2) is 20.2 Å². The molecular formula is C20H17N7S. The van der Waals surface area contributed by atoms with Crippen LogP contribution in [0.5, 0.6) is 0 Å². The highest BCUT2D eigenvalue weighted by Crippen LogP contribution is 2.28. The molecule has 0 aliphatic heterocycles. The lowest BCUT2D eigenvalue weighted by atomic mass is 10.1. The van der Waals surface area contributed by atoms with Crippen LogP contribution in [0.4, 0.5) is 23.3 Å². The van der Waals surface area contributed by atoms with Gasteiger partial charge in [0, 0.05) is 22.8 Å². The summed E-state index contributed by atoms with van der Waals surface area (Å²) in [6.07, 6.45) is 2.07. The number of hydrogen-bond donors (Lipinski definition) is 3. The summed E-state index contributed by atoms with van der Waals surface area (Å²) in [7, 11) is 0. The maximum atomic E-state index is 8.74. The van der Waals surface area contributed by atoms with Crippen molar-refractivity contribution in [2.45, 2.75) is 13.3 Å². The molecule has 7 nitrogen and oxygen atoms in total. The molecule has 3 heterocycles. The molecule has 0 amide bonds.